The van der Waals surface area contributed by atoms with Crippen LogP contribution in [0.25, 0.3) is 0 Å². The van der Waals surface area contributed by atoms with Gasteiger partial charge in [0.15, 0.2) is 0 Å². The molecule has 0 aliphatic rings. The first-order valence-electron chi connectivity index (χ1n) is 3.97. The van der Waals surface area contributed by atoms with Gasteiger partial charge in [-0.2, -0.15) is 0 Å². The molecule has 2 N–H and O–H groups in total. The predicted molar refractivity (Wildman–Crippen MR) is 57.0 cm³/mol. The van der Waals surface area contributed by atoms with Crippen molar-refractivity contribution in [3.8, 4) is 5.75 Å². The van der Waals surface area contributed by atoms with Crippen LogP contribution >= 0.6 is 15.9 Å². The lowest BCUT2D eigenvalue weighted by Gasteiger charge is -2.12. The van der Waals surface area contributed by atoms with Crippen molar-refractivity contribution in [2.45, 2.75) is 0 Å². The Morgan fingerprint density at radius 3 is 2.64 bits per heavy atom. The first-order chi connectivity index (χ1) is 6.50. The van der Waals surface area contributed by atoms with Crippen LogP contribution in [0.2, 0.25) is 0 Å². The Kier molecular flexibility index (Phi) is 3.49. The number of nitrogens with one attached hydrogen (secondary N) is 1. The van der Waals surface area contributed by atoms with Gasteiger partial charge in [-0.25, -0.2) is 5.01 Å². The molecule has 14 heavy (non-hydrogen) atoms. The molecule has 4 nitrogen and oxygen atoms in total. The number of amides is 1. The lowest BCUT2D eigenvalue weighted by Crippen LogP contribution is -2.36. The van der Waals surface area contributed by atoms with Crippen LogP contribution in [0.15, 0.2) is 22.7 Å². The SMILES string of the molecule is CN(C)NC(=O)c1ccc(Br)cc1O. The summed E-state index contributed by atoms with van der Waals surface area (Å²) in [6, 6.07) is 4.73. The van der Waals surface area contributed by atoms with Crippen molar-refractivity contribution < 1.29 is 9.90 Å². The zero-order valence-electron chi connectivity index (χ0n) is 7.91. The van der Waals surface area contributed by atoms with E-state index in [0.717, 1.165) is 4.47 Å². The van der Waals surface area contributed by atoms with E-state index in [2.05, 4.69) is 21.4 Å². The molecule has 0 bridgehead atoms. The van der Waals surface area contributed by atoms with Crippen LogP contribution in [0, 0.1) is 0 Å². The molecule has 76 valence electrons. The van der Waals surface area contributed by atoms with E-state index in [0.29, 0.717) is 0 Å². The minimum Gasteiger partial charge on any atom is -0.507 e. The number of rotatable bonds is 2. The van der Waals surface area contributed by atoms with Gasteiger partial charge in [-0.05, 0) is 18.2 Å². The van der Waals surface area contributed by atoms with Gasteiger partial charge in [0.05, 0.1) is 5.56 Å². The predicted octanol–water partition coefficient (Wildman–Crippen LogP) is 1.36. The fourth-order valence-corrected chi connectivity index (χ4v) is 1.31. The third-order valence-corrected chi connectivity index (χ3v) is 2.02. The topological polar surface area (TPSA) is 52.6 Å². The summed E-state index contributed by atoms with van der Waals surface area (Å²) in [5.41, 5.74) is 2.79. The van der Waals surface area contributed by atoms with Crippen molar-refractivity contribution in [1.29, 1.82) is 0 Å². The maximum absolute atomic E-state index is 11.5. The Labute approximate surface area is 90.6 Å². The minimum absolute atomic E-state index is 0.0428. The smallest absolute Gasteiger partial charge is 0.269 e. The normalized spacial score (nSPS) is 10.3. The summed E-state index contributed by atoms with van der Waals surface area (Å²) in [5, 5.41) is 11.0. The van der Waals surface area contributed by atoms with Crippen molar-refractivity contribution in [1.82, 2.24) is 10.4 Å². The Morgan fingerprint density at radius 2 is 2.14 bits per heavy atom. The van der Waals surface area contributed by atoms with Gasteiger partial charge < -0.3 is 5.11 Å². The molecule has 0 fully saturated rings. The summed E-state index contributed by atoms with van der Waals surface area (Å²) in [5.74, 6) is -0.376. The van der Waals surface area contributed by atoms with E-state index in [1.165, 1.54) is 11.1 Å². The number of hydrazine groups is 1. The number of aromatic hydroxyl groups is 1. The van der Waals surface area contributed by atoms with Crippen LogP contribution in [0.3, 0.4) is 0 Å². The molecule has 0 aromatic heterocycles. The molecule has 0 saturated heterocycles. The van der Waals surface area contributed by atoms with Crippen LogP contribution in [-0.2, 0) is 0 Å². The van der Waals surface area contributed by atoms with Gasteiger partial charge >= 0.3 is 0 Å². The van der Waals surface area contributed by atoms with Gasteiger partial charge in [0.2, 0.25) is 0 Å². The largest absolute Gasteiger partial charge is 0.507 e. The molecule has 0 aliphatic carbocycles. The second-order valence-corrected chi connectivity index (χ2v) is 3.91. The van der Waals surface area contributed by atoms with Gasteiger partial charge in [-0.3, -0.25) is 10.2 Å². The number of carbonyl (C=O) groups excluding carboxylic acids is 1. The molecule has 1 aromatic carbocycles. The molecule has 0 spiro atoms. The average Bonchev–Trinajstić information content (AvgIpc) is 2.01. The molecule has 5 heteroatoms. The van der Waals surface area contributed by atoms with Crippen molar-refractivity contribution in [2.24, 2.45) is 0 Å². The van der Waals surface area contributed by atoms with Crippen LogP contribution < -0.4 is 5.43 Å². The van der Waals surface area contributed by atoms with E-state index in [9.17, 15) is 9.90 Å². The van der Waals surface area contributed by atoms with Gasteiger partial charge in [0, 0.05) is 18.6 Å². The summed E-state index contributed by atoms with van der Waals surface area (Å²) >= 11 is 3.19. The van der Waals surface area contributed by atoms with Crippen molar-refractivity contribution >= 4 is 21.8 Å². The number of nitrogens with zero attached hydrogens (tertiary/aromatic N) is 1. The second kappa shape index (κ2) is 4.43. The zero-order valence-corrected chi connectivity index (χ0v) is 9.50. The first-order valence-corrected chi connectivity index (χ1v) is 4.77. The molecule has 0 heterocycles. The Balaban J connectivity index is 2.90. The lowest BCUT2D eigenvalue weighted by atomic mass is 10.2. The molecule has 0 aliphatic heterocycles. The maximum Gasteiger partial charge on any atom is 0.269 e. The highest BCUT2D eigenvalue weighted by Gasteiger charge is 2.11. The number of phenolic OH excluding ortho intramolecular Hbond substituents is 1. The Morgan fingerprint density at radius 1 is 1.50 bits per heavy atom. The van der Waals surface area contributed by atoms with Crippen molar-refractivity contribution in [3.05, 3.63) is 28.2 Å². The maximum atomic E-state index is 11.5. The Hall–Kier alpha value is -1.07. The second-order valence-electron chi connectivity index (χ2n) is 3.00. The molecule has 0 unspecified atom stereocenters. The quantitative estimate of drug-likeness (QED) is 0.788. The number of benzene rings is 1. The summed E-state index contributed by atoms with van der Waals surface area (Å²) in [6.07, 6.45) is 0. The van der Waals surface area contributed by atoms with E-state index in [4.69, 9.17) is 0 Å². The number of hydrogen-bond acceptors (Lipinski definition) is 3. The molecule has 0 saturated carbocycles. The van der Waals surface area contributed by atoms with Crippen molar-refractivity contribution in [2.75, 3.05) is 14.1 Å². The van der Waals surface area contributed by atoms with E-state index in [-0.39, 0.29) is 17.2 Å². The van der Waals surface area contributed by atoms with Crippen LogP contribution in [0.5, 0.6) is 5.75 Å². The minimum atomic E-state index is -0.333. The molecule has 1 rings (SSSR count). The van der Waals surface area contributed by atoms with Crippen molar-refractivity contribution in [3.63, 3.8) is 0 Å². The highest BCUT2D eigenvalue weighted by molar-refractivity contribution is 9.10. The van der Waals surface area contributed by atoms with Crippen LogP contribution in [-0.4, -0.2) is 30.1 Å². The number of phenols is 1. The fraction of sp³-hybridized carbons (Fsp3) is 0.222. The summed E-state index contributed by atoms with van der Waals surface area (Å²) < 4.78 is 0.733. The Bertz CT molecular complexity index is 353. The first kappa shape index (κ1) is 11.0. The highest BCUT2D eigenvalue weighted by Crippen LogP contribution is 2.21. The average molecular weight is 259 g/mol. The number of halogens is 1. The van der Waals surface area contributed by atoms with Crippen LogP contribution in [0.1, 0.15) is 10.4 Å². The van der Waals surface area contributed by atoms with Gasteiger partial charge in [-0.15, -0.1) is 0 Å². The third-order valence-electron chi connectivity index (χ3n) is 1.53. The van der Waals surface area contributed by atoms with Crippen LogP contribution in [0.4, 0.5) is 0 Å². The standard InChI is InChI=1S/C9H11BrN2O2/c1-12(2)11-9(14)7-4-3-6(10)5-8(7)13/h3-5,13H,1-2H3,(H,11,14). The molecule has 0 atom stereocenters. The molecule has 0 radical (unpaired) electrons. The monoisotopic (exact) mass is 258 g/mol. The summed E-state index contributed by atoms with van der Waals surface area (Å²) in [4.78, 5) is 11.5. The molecule has 1 aromatic rings. The number of hydrogen-bond donors (Lipinski definition) is 2. The lowest BCUT2D eigenvalue weighted by molar-refractivity contribution is 0.0854. The third kappa shape index (κ3) is 2.71. The van der Waals surface area contributed by atoms with E-state index < -0.39 is 0 Å². The zero-order chi connectivity index (χ0) is 10.7. The molecule has 1 amide bonds. The highest BCUT2D eigenvalue weighted by atomic mass is 79.9. The fourth-order valence-electron chi connectivity index (χ4n) is 0.960. The number of carbonyl (C=O) groups is 1. The molecular weight excluding hydrogens is 248 g/mol. The van der Waals surface area contributed by atoms with Gasteiger partial charge in [0.25, 0.3) is 5.91 Å². The van der Waals surface area contributed by atoms with E-state index >= 15 is 0 Å². The van der Waals surface area contributed by atoms with E-state index in [1.54, 1.807) is 26.2 Å². The van der Waals surface area contributed by atoms with E-state index in [1.807, 2.05) is 0 Å². The summed E-state index contributed by atoms with van der Waals surface area (Å²) in [7, 11) is 3.40. The summed E-state index contributed by atoms with van der Waals surface area (Å²) in [6.45, 7) is 0. The molecular formula is C9H11BrN2O2. The van der Waals surface area contributed by atoms with Gasteiger partial charge in [-0.1, -0.05) is 15.9 Å². The van der Waals surface area contributed by atoms with Gasteiger partial charge in [0.1, 0.15) is 5.75 Å².